The third-order valence-electron chi connectivity index (χ3n) is 5.87. The molecule has 2 heterocycles. The van der Waals surface area contributed by atoms with Crippen molar-refractivity contribution in [3.05, 3.63) is 70.8 Å². The molecule has 2 aromatic carbocycles. The van der Waals surface area contributed by atoms with E-state index < -0.39 is 23.5 Å². The van der Waals surface area contributed by atoms with Gasteiger partial charge in [0, 0.05) is 14.1 Å². The van der Waals surface area contributed by atoms with Crippen molar-refractivity contribution in [2.45, 2.75) is 52.7 Å². The molecule has 2 amide bonds. The monoisotopic (exact) mass is 548 g/mol. The Morgan fingerprint density at radius 1 is 0.575 bits per heavy atom. The molecular formula is C30H32N2O8. The van der Waals surface area contributed by atoms with Gasteiger partial charge in [-0.2, -0.15) is 0 Å². The number of hydrogen-bond donors (Lipinski definition) is 0. The van der Waals surface area contributed by atoms with Crippen LogP contribution < -0.4 is 9.47 Å². The molecule has 0 bridgehead atoms. The summed E-state index contributed by atoms with van der Waals surface area (Å²) in [5, 5.41) is 0. The van der Waals surface area contributed by atoms with Gasteiger partial charge in [0.2, 0.25) is 0 Å². The van der Waals surface area contributed by atoms with E-state index in [1.165, 1.54) is 9.80 Å². The van der Waals surface area contributed by atoms with Crippen LogP contribution in [0.2, 0.25) is 0 Å². The Bertz CT molecular complexity index is 1330. The van der Waals surface area contributed by atoms with Gasteiger partial charge in [-0.15, -0.1) is 0 Å². The van der Waals surface area contributed by atoms with Crippen LogP contribution >= 0.6 is 0 Å². The smallest absolute Gasteiger partial charge is 0.428 e. The Morgan fingerprint density at radius 3 is 1.15 bits per heavy atom. The quantitative estimate of drug-likeness (QED) is 0.370. The van der Waals surface area contributed by atoms with Gasteiger partial charge in [0.05, 0.1) is 22.5 Å². The zero-order valence-electron chi connectivity index (χ0n) is 23.8. The first-order chi connectivity index (χ1) is 18.6. The number of rotatable bonds is 4. The normalized spacial score (nSPS) is 15.5. The SMILES string of the molecule is CN1C(=O)C2=C(c3ccc(OC(=O)OC(C)(C)C)cc3)N(C)C(=O)C2=C1c1ccc(OC(=O)OC(C)(C)C)cc1. The summed E-state index contributed by atoms with van der Waals surface area (Å²) in [6.45, 7) is 10.4. The lowest BCUT2D eigenvalue weighted by atomic mass is 10.0. The van der Waals surface area contributed by atoms with Crippen molar-refractivity contribution in [3.63, 3.8) is 0 Å². The van der Waals surface area contributed by atoms with Crippen molar-refractivity contribution in [2.75, 3.05) is 14.1 Å². The first kappa shape index (κ1) is 28.4. The molecule has 2 aliphatic heterocycles. The maximum absolute atomic E-state index is 13.4. The summed E-state index contributed by atoms with van der Waals surface area (Å²) < 4.78 is 20.8. The number of fused-ring (bicyclic) bond motifs is 1. The van der Waals surface area contributed by atoms with E-state index in [2.05, 4.69) is 0 Å². The minimum absolute atomic E-state index is 0.260. The molecule has 10 nitrogen and oxygen atoms in total. The van der Waals surface area contributed by atoms with Crippen molar-refractivity contribution in [2.24, 2.45) is 0 Å². The zero-order valence-corrected chi connectivity index (χ0v) is 23.8. The molecule has 0 N–H and O–H groups in total. The number of ether oxygens (including phenoxy) is 4. The van der Waals surface area contributed by atoms with Crippen LogP contribution in [0.1, 0.15) is 52.7 Å². The van der Waals surface area contributed by atoms with Crippen LogP contribution in [0.15, 0.2) is 59.7 Å². The van der Waals surface area contributed by atoms with Crippen LogP contribution in [0, 0.1) is 0 Å². The van der Waals surface area contributed by atoms with Crippen molar-refractivity contribution in [1.29, 1.82) is 0 Å². The van der Waals surface area contributed by atoms with Crippen LogP contribution in [0.4, 0.5) is 9.59 Å². The topological polar surface area (TPSA) is 112 Å². The van der Waals surface area contributed by atoms with Crippen LogP contribution in [-0.4, -0.2) is 59.2 Å². The first-order valence-corrected chi connectivity index (χ1v) is 12.6. The largest absolute Gasteiger partial charge is 0.514 e. The summed E-state index contributed by atoms with van der Waals surface area (Å²) in [5.41, 5.74) is 1.25. The number of benzene rings is 2. The highest BCUT2D eigenvalue weighted by atomic mass is 16.7. The summed E-state index contributed by atoms with van der Waals surface area (Å²) in [7, 11) is 3.20. The minimum Gasteiger partial charge on any atom is -0.428 e. The second kappa shape index (κ2) is 10.2. The second-order valence-corrected chi connectivity index (χ2v) is 11.4. The molecule has 0 spiro atoms. The summed E-state index contributed by atoms with van der Waals surface area (Å²) in [6, 6.07) is 13.0. The van der Waals surface area contributed by atoms with Crippen LogP contribution in [0.5, 0.6) is 11.5 Å². The highest BCUT2D eigenvalue weighted by Gasteiger charge is 2.46. The molecular weight excluding hydrogens is 516 g/mol. The summed E-state index contributed by atoms with van der Waals surface area (Å²) in [4.78, 5) is 53.7. The predicted octanol–water partition coefficient (Wildman–Crippen LogP) is 5.38. The number of nitrogens with zero attached hydrogens (tertiary/aromatic N) is 2. The fourth-order valence-corrected chi connectivity index (χ4v) is 4.30. The highest BCUT2D eigenvalue weighted by Crippen LogP contribution is 2.45. The molecule has 0 atom stereocenters. The van der Waals surface area contributed by atoms with Crippen LogP contribution in [0.3, 0.4) is 0 Å². The molecule has 210 valence electrons. The molecule has 10 heteroatoms. The van der Waals surface area contributed by atoms with E-state index >= 15 is 0 Å². The third-order valence-corrected chi connectivity index (χ3v) is 5.87. The lowest BCUT2D eigenvalue weighted by Crippen LogP contribution is -2.26. The first-order valence-electron chi connectivity index (χ1n) is 12.6. The molecule has 0 saturated carbocycles. The molecule has 4 rings (SSSR count). The van der Waals surface area contributed by atoms with Gasteiger partial charge in [-0.25, -0.2) is 9.59 Å². The van der Waals surface area contributed by atoms with Gasteiger partial charge in [0.25, 0.3) is 11.8 Å². The van der Waals surface area contributed by atoms with Crippen molar-refractivity contribution in [3.8, 4) is 11.5 Å². The third kappa shape index (κ3) is 5.85. The minimum atomic E-state index is -0.833. The van der Waals surface area contributed by atoms with Crippen molar-refractivity contribution in [1.82, 2.24) is 9.80 Å². The van der Waals surface area contributed by atoms with Gasteiger partial charge >= 0.3 is 12.3 Å². The maximum atomic E-state index is 13.4. The fraction of sp³-hybridized carbons (Fsp3) is 0.333. The molecule has 2 aliphatic rings. The standard InChI is InChI=1S/C30H32N2O8/c1-29(2,3)39-27(35)37-19-13-9-17(10-14-19)23-21-22(26(34)31(23)7)24(32(8)25(21)33)18-11-15-20(16-12-18)38-28(36)40-30(4,5)6/h9-16H,1-8H3. The van der Waals surface area contributed by atoms with E-state index in [4.69, 9.17) is 18.9 Å². The Kier molecular flexibility index (Phi) is 7.23. The number of carbonyl (C=O) groups is 4. The molecule has 0 aliphatic carbocycles. The summed E-state index contributed by atoms with van der Waals surface area (Å²) >= 11 is 0. The van der Waals surface area contributed by atoms with Crippen LogP contribution in [0.25, 0.3) is 11.4 Å². The van der Waals surface area contributed by atoms with E-state index in [-0.39, 0.29) is 34.5 Å². The molecule has 0 saturated heterocycles. The predicted molar refractivity (Wildman–Crippen MR) is 146 cm³/mol. The molecule has 0 fully saturated rings. The van der Waals surface area contributed by atoms with Gasteiger partial charge < -0.3 is 28.7 Å². The van der Waals surface area contributed by atoms with E-state index in [9.17, 15) is 19.2 Å². The van der Waals surface area contributed by atoms with Crippen LogP contribution in [-0.2, 0) is 19.1 Å². The van der Waals surface area contributed by atoms with Crippen molar-refractivity contribution < 1.29 is 38.1 Å². The number of hydrogen-bond acceptors (Lipinski definition) is 8. The molecule has 40 heavy (non-hydrogen) atoms. The van der Waals surface area contributed by atoms with E-state index in [1.54, 1.807) is 104 Å². The average molecular weight is 549 g/mol. The van der Waals surface area contributed by atoms with Gasteiger partial charge in [-0.1, -0.05) is 0 Å². The maximum Gasteiger partial charge on any atom is 0.514 e. The lowest BCUT2D eigenvalue weighted by molar-refractivity contribution is -0.123. The van der Waals surface area contributed by atoms with E-state index in [0.29, 0.717) is 22.5 Å². The van der Waals surface area contributed by atoms with Crippen molar-refractivity contribution >= 4 is 35.5 Å². The molecule has 0 radical (unpaired) electrons. The molecule has 0 unspecified atom stereocenters. The van der Waals surface area contributed by atoms with E-state index in [1.807, 2.05) is 0 Å². The molecule has 0 aromatic heterocycles. The number of likely N-dealkylation sites (N-methyl/N-ethyl adjacent to an activating group) is 2. The van der Waals surface area contributed by atoms with Gasteiger partial charge in [-0.05, 0) is 101 Å². The number of carbonyl (C=O) groups excluding carboxylic acids is 4. The average Bonchev–Trinajstić information content (AvgIpc) is 3.23. The summed E-state index contributed by atoms with van der Waals surface area (Å²) in [5.74, 6) is -0.145. The Morgan fingerprint density at radius 2 is 0.875 bits per heavy atom. The Balaban J connectivity index is 1.64. The van der Waals surface area contributed by atoms with Gasteiger partial charge in [-0.3, -0.25) is 9.59 Å². The second-order valence-electron chi connectivity index (χ2n) is 11.4. The number of amides is 2. The van der Waals surface area contributed by atoms with E-state index in [0.717, 1.165) is 0 Å². The van der Waals surface area contributed by atoms with Gasteiger partial charge in [0.1, 0.15) is 22.7 Å². The molecule has 2 aromatic rings. The Labute approximate surface area is 232 Å². The fourth-order valence-electron chi connectivity index (χ4n) is 4.30. The zero-order chi connectivity index (χ0) is 29.6. The summed E-state index contributed by atoms with van der Waals surface area (Å²) in [6.07, 6.45) is -1.67. The highest BCUT2D eigenvalue weighted by molar-refractivity contribution is 6.30. The van der Waals surface area contributed by atoms with Gasteiger partial charge in [0.15, 0.2) is 0 Å². The Hall–Kier alpha value is -4.60. The lowest BCUT2D eigenvalue weighted by Gasteiger charge is -2.20.